The predicted molar refractivity (Wildman–Crippen MR) is 69.6 cm³/mol. The first-order valence-electron chi connectivity index (χ1n) is 6.08. The van der Waals surface area contributed by atoms with Gasteiger partial charge in [-0.05, 0) is 26.0 Å². The van der Waals surface area contributed by atoms with Crippen molar-refractivity contribution in [2.75, 3.05) is 0 Å². The lowest BCUT2D eigenvalue weighted by Gasteiger charge is -2.21. The van der Waals surface area contributed by atoms with Gasteiger partial charge in [0.15, 0.2) is 0 Å². The van der Waals surface area contributed by atoms with Gasteiger partial charge in [0, 0.05) is 30.9 Å². The first-order valence-corrected chi connectivity index (χ1v) is 6.08. The van der Waals surface area contributed by atoms with Gasteiger partial charge in [-0.1, -0.05) is 18.2 Å². The van der Waals surface area contributed by atoms with E-state index in [9.17, 15) is 4.39 Å². The van der Waals surface area contributed by atoms with Crippen LogP contribution < -0.4 is 5.32 Å². The third-order valence-electron chi connectivity index (χ3n) is 3.17. The molecule has 0 amide bonds. The first kappa shape index (κ1) is 12.8. The van der Waals surface area contributed by atoms with Gasteiger partial charge < -0.3 is 5.32 Å². The van der Waals surface area contributed by atoms with Crippen LogP contribution in [0.15, 0.2) is 36.5 Å². The van der Waals surface area contributed by atoms with E-state index < -0.39 is 0 Å². The number of hydrogen-bond donors (Lipinski definition) is 1. The van der Waals surface area contributed by atoms with Gasteiger partial charge in [-0.2, -0.15) is 5.10 Å². The number of hydrogen-bond acceptors (Lipinski definition) is 2. The molecule has 96 valence electrons. The summed E-state index contributed by atoms with van der Waals surface area (Å²) < 4.78 is 15.5. The maximum Gasteiger partial charge on any atom is 0.127 e. The minimum atomic E-state index is -0.172. The summed E-state index contributed by atoms with van der Waals surface area (Å²) in [6.07, 6.45) is 1.77. The van der Waals surface area contributed by atoms with E-state index in [-0.39, 0.29) is 17.9 Å². The van der Waals surface area contributed by atoms with E-state index in [1.807, 2.05) is 43.8 Å². The van der Waals surface area contributed by atoms with Gasteiger partial charge >= 0.3 is 0 Å². The Hall–Kier alpha value is -1.68. The quantitative estimate of drug-likeness (QED) is 0.900. The standard InChI is InChI=1S/C14H18FN3/c1-10(12-6-4-5-7-13(12)15)17-11(2)14-8-9-16-18(14)3/h4-11,17H,1-3H3/t10-,11?/m1/s1. The van der Waals surface area contributed by atoms with Crippen molar-refractivity contribution in [1.29, 1.82) is 0 Å². The lowest BCUT2D eigenvalue weighted by atomic mass is 10.1. The van der Waals surface area contributed by atoms with Crippen LogP contribution in [0.1, 0.15) is 37.2 Å². The number of nitrogens with one attached hydrogen (secondary N) is 1. The van der Waals surface area contributed by atoms with Crippen molar-refractivity contribution >= 4 is 0 Å². The second-order valence-corrected chi connectivity index (χ2v) is 4.51. The number of rotatable bonds is 4. The molecule has 2 aromatic rings. The molecular weight excluding hydrogens is 229 g/mol. The molecule has 0 saturated carbocycles. The monoisotopic (exact) mass is 247 g/mol. The lowest BCUT2D eigenvalue weighted by Crippen LogP contribution is -2.24. The van der Waals surface area contributed by atoms with Crippen LogP contribution in [0.3, 0.4) is 0 Å². The van der Waals surface area contributed by atoms with Gasteiger partial charge in [0.2, 0.25) is 0 Å². The number of halogens is 1. The Balaban J connectivity index is 2.11. The van der Waals surface area contributed by atoms with Gasteiger partial charge in [-0.3, -0.25) is 4.68 Å². The second-order valence-electron chi connectivity index (χ2n) is 4.51. The Morgan fingerprint density at radius 3 is 2.50 bits per heavy atom. The van der Waals surface area contributed by atoms with E-state index in [1.54, 1.807) is 12.3 Å². The summed E-state index contributed by atoms with van der Waals surface area (Å²) >= 11 is 0. The zero-order chi connectivity index (χ0) is 13.1. The average Bonchev–Trinajstić information content (AvgIpc) is 2.76. The molecule has 0 bridgehead atoms. The molecule has 3 nitrogen and oxygen atoms in total. The Labute approximate surface area is 107 Å². The van der Waals surface area contributed by atoms with Crippen LogP contribution in [0, 0.1) is 5.82 Å². The van der Waals surface area contributed by atoms with Crippen LogP contribution in [0.5, 0.6) is 0 Å². The molecule has 2 rings (SSSR count). The summed E-state index contributed by atoms with van der Waals surface area (Å²) in [7, 11) is 1.90. The number of aryl methyl sites for hydroxylation is 1. The lowest BCUT2D eigenvalue weighted by molar-refractivity contribution is 0.454. The maximum atomic E-state index is 13.7. The molecular formula is C14H18FN3. The van der Waals surface area contributed by atoms with Crippen molar-refractivity contribution in [3.8, 4) is 0 Å². The Morgan fingerprint density at radius 1 is 1.17 bits per heavy atom. The number of aromatic nitrogens is 2. The van der Waals surface area contributed by atoms with Crippen LogP contribution in [0.25, 0.3) is 0 Å². The zero-order valence-corrected chi connectivity index (χ0v) is 10.9. The summed E-state index contributed by atoms with van der Waals surface area (Å²) in [5.41, 5.74) is 1.77. The molecule has 1 aromatic heterocycles. The molecule has 0 saturated heterocycles. The second kappa shape index (κ2) is 5.31. The Bertz CT molecular complexity index is 521. The molecule has 4 heteroatoms. The van der Waals surface area contributed by atoms with Crippen LogP contribution in [0.2, 0.25) is 0 Å². The van der Waals surface area contributed by atoms with Gasteiger partial charge in [-0.25, -0.2) is 4.39 Å². The van der Waals surface area contributed by atoms with E-state index in [2.05, 4.69) is 10.4 Å². The molecule has 0 radical (unpaired) electrons. The van der Waals surface area contributed by atoms with E-state index in [0.29, 0.717) is 5.56 Å². The number of benzene rings is 1. The molecule has 1 unspecified atom stereocenters. The fraction of sp³-hybridized carbons (Fsp3) is 0.357. The van der Waals surface area contributed by atoms with Crippen molar-refractivity contribution < 1.29 is 4.39 Å². The molecule has 18 heavy (non-hydrogen) atoms. The van der Waals surface area contributed by atoms with Gasteiger partial charge in [0.25, 0.3) is 0 Å². The summed E-state index contributed by atoms with van der Waals surface area (Å²) in [5.74, 6) is -0.172. The third kappa shape index (κ3) is 2.59. The van der Waals surface area contributed by atoms with Crippen molar-refractivity contribution in [2.24, 2.45) is 7.05 Å². The third-order valence-corrected chi connectivity index (χ3v) is 3.17. The summed E-state index contributed by atoms with van der Waals surface area (Å²) in [6, 6.07) is 8.89. The minimum Gasteiger partial charge on any atom is -0.302 e. The minimum absolute atomic E-state index is 0.0453. The van der Waals surface area contributed by atoms with Crippen LogP contribution >= 0.6 is 0 Å². The predicted octanol–water partition coefficient (Wildman–Crippen LogP) is 2.97. The molecule has 1 N–H and O–H groups in total. The molecule has 0 aliphatic heterocycles. The maximum absolute atomic E-state index is 13.7. The van der Waals surface area contributed by atoms with Gasteiger partial charge in [0.1, 0.15) is 5.82 Å². The van der Waals surface area contributed by atoms with Crippen LogP contribution in [-0.2, 0) is 7.05 Å². The number of nitrogens with zero attached hydrogens (tertiary/aromatic N) is 2. The van der Waals surface area contributed by atoms with Gasteiger partial charge in [-0.15, -0.1) is 0 Å². The highest BCUT2D eigenvalue weighted by molar-refractivity contribution is 5.21. The highest BCUT2D eigenvalue weighted by atomic mass is 19.1. The fourth-order valence-corrected chi connectivity index (χ4v) is 2.19. The summed E-state index contributed by atoms with van der Waals surface area (Å²) in [4.78, 5) is 0. The smallest absolute Gasteiger partial charge is 0.127 e. The molecule has 0 aliphatic carbocycles. The summed E-state index contributed by atoms with van der Waals surface area (Å²) in [6.45, 7) is 4.01. The van der Waals surface area contributed by atoms with Crippen molar-refractivity contribution in [1.82, 2.24) is 15.1 Å². The molecule has 0 aliphatic rings. The fourth-order valence-electron chi connectivity index (χ4n) is 2.19. The van der Waals surface area contributed by atoms with E-state index in [1.165, 1.54) is 6.07 Å². The molecule has 1 heterocycles. The molecule has 0 fully saturated rings. The largest absolute Gasteiger partial charge is 0.302 e. The molecule has 0 spiro atoms. The highest BCUT2D eigenvalue weighted by Crippen LogP contribution is 2.20. The zero-order valence-electron chi connectivity index (χ0n) is 10.9. The van der Waals surface area contributed by atoms with Gasteiger partial charge in [0.05, 0.1) is 5.69 Å². The van der Waals surface area contributed by atoms with Crippen molar-refractivity contribution in [3.63, 3.8) is 0 Å². The van der Waals surface area contributed by atoms with Crippen molar-refractivity contribution in [3.05, 3.63) is 53.6 Å². The highest BCUT2D eigenvalue weighted by Gasteiger charge is 2.15. The Kier molecular flexibility index (Phi) is 3.77. The van der Waals surface area contributed by atoms with Crippen LogP contribution in [0.4, 0.5) is 4.39 Å². The van der Waals surface area contributed by atoms with E-state index in [4.69, 9.17) is 0 Å². The first-order chi connectivity index (χ1) is 8.59. The van der Waals surface area contributed by atoms with Crippen molar-refractivity contribution in [2.45, 2.75) is 25.9 Å². The van der Waals surface area contributed by atoms with E-state index >= 15 is 0 Å². The molecule has 1 aromatic carbocycles. The van der Waals surface area contributed by atoms with Crippen LogP contribution in [-0.4, -0.2) is 9.78 Å². The topological polar surface area (TPSA) is 29.9 Å². The van der Waals surface area contributed by atoms with E-state index in [0.717, 1.165) is 5.69 Å². The normalized spacial score (nSPS) is 14.4. The average molecular weight is 247 g/mol. The Morgan fingerprint density at radius 2 is 1.89 bits per heavy atom. The summed E-state index contributed by atoms with van der Waals surface area (Å²) in [5, 5.41) is 7.52. The molecule has 2 atom stereocenters. The SMILES string of the molecule is CC(N[C@H](C)c1ccccc1F)c1ccnn1C.